The smallest absolute Gasteiger partial charge is 0.250 e. The molecular formula is C18H18N4O2S. The first-order chi connectivity index (χ1) is 12.2. The summed E-state index contributed by atoms with van der Waals surface area (Å²) in [5, 5.41) is 4.69. The quantitative estimate of drug-likeness (QED) is 0.388. The Morgan fingerprint density at radius 1 is 1.32 bits per heavy atom. The molecule has 0 saturated heterocycles. The van der Waals surface area contributed by atoms with Gasteiger partial charge in [0.15, 0.2) is 5.16 Å². The molecule has 2 aromatic carbocycles. The predicted octanol–water partition coefficient (Wildman–Crippen LogP) is 3.20. The van der Waals surface area contributed by atoms with Crippen LogP contribution in [0.4, 0.5) is 0 Å². The number of imidazole rings is 1. The lowest BCUT2D eigenvalue weighted by atomic mass is 10.2. The minimum atomic E-state index is -0.192. The summed E-state index contributed by atoms with van der Waals surface area (Å²) in [6, 6.07) is 15.3. The zero-order chi connectivity index (χ0) is 17.5. The summed E-state index contributed by atoms with van der Waals surface area (Å²) in [4.78, 5) is 19.5. The molecular weight excluding hydrogens is 336 g/mol. The molecule has 6 nitrogen and oxygen atoms in total. The van der Waals surface area contributed by atoms with E-state index in [1.165, 1.54) is 11.8 Å². The van der Waals surface area contributed by atoms with Crippen LogP contribution in [0, 0.1) is 0 Å². The summed E-state index contributed by atoms with van der Waals surface area (Å²) in [6.45, 7) is 2.54. The van der Waals surface area contributed by atoms with E-state index in [9.17, 15) is 4.79 Å². The number of aromatic nitrogens is 2. The van der Waals surface area contributed by atoms with E-state index >= 15 is 0 Å². The van der Waals surface area contributed by atoms with Gasteiger partial charge in [-0.05, 0) is 36.8 Å². The van der Waals surface area contributed by atoms with E-state index in [1.54, 1.807) is 6.21 Å². The third kappa shape index (κ3) is 4.84. The monoisotopic (exact) mass is 354 g/mol. The van der Waals surface area contributed by atoms with Gasteiger partial charge in [0.2, 0.25) is 0 Å². The molecule has 3 aromatic rings. The number of carbonyl (C=O) groups excluding carboxylic acids is 1. The SMILES string of the molecule is CCOc1cccc(/C=N/NC(=O)CSc2nc3ccccc3[nH]2)c1. The lowest BCUT2D eigenvalue weighted by Gasteiger charge is -2.03. The summed E-state index contributed by atoms with van der Waals surface area (Å²) < 4.78 is 5.42. The van der Waals surface area contributed by atoms with Crippen LogP contribution in [0.2, 0.25) is 0 Å². The molecule has 25 heavy (non-hydrogen) atoms. The molecule has 0 unspecified atom stereocenters. The number of amides is 1. The molecule has 1 amide bonds. The van der Waals surface area contributed by atoms with Crippen molar-refractivity contribution in [1.29, 1.82) is 0 Å². The Kier molecular flexibility index (Phi) is 5.69. The molecule has 0 fully saturated rings. The number of nitrogens with one attached hydrogen (secondary N) is 2. The highest BCUT2D eigenvalue weighted by molar-refractivity contribution is 7.99. The summed E-state index contributed by atoms with van der Waals surface area (Å²) in [5.74, 6) is 0.816. The Morgan fingerprint density at radius 3 is 3.04 bits per heavy atom. The number of hydrogen-bond donors (Lipinski definition) is 2. The lowest BCUT2D eigenvalue weighted by Crippen LogP contribution is -2.19. The minimum Gasteiger partial charge on any atom is -0.494 e. The Bertz CT molecular complexity index is 858. The first-order valence-corrected chi connectivity index (χ1v) is 8.85. The second kappa shape index (κ2) is 8.34. The van der Waals surface area contributed by atoms with E-state index < -0.39 is 0 Å². The highest BCUT2D eigenvalue weighted by atomic mass is 32.2. The standard InChI is InChI=1S/C18H18N4O2S/c1-2-24-14-7-5-6-13(10-14)11-19-22-17(23)12-25-18-20-15-8-3-4-9-16(15)21-18/h3-11H,2,12H2,1H3,(H,20,21)(H,22,23)/b19-11+. The third-order valence-corrected chi connectivity index (χ3v) is 4.15. The van der Waals surface area contributed by atoms with Gasteiger partial charge >= 0.3 is 0 Å². The second-order valence-electron chi connectivity index (χ2n) is 5.15. The highest BCUT2D eigenvalue weighted by Gasteiger charge is 2.06. The van der Waals surface area contributed by atoms with Gasteiger partial charge in [-0.1, -0.05) is 36.0 Å². The van der Waals surface area contributed by atoms with Gasteiger partial charge in [-0.3, -0.25) is 4.79 Å². The fraction of sp³-hybridized carbons (Fsp3) is 0.167. The fourth-order valence-electron chi connectivity index (χ4n) is 2.19. The second-order valence-corrected chi connectivity index (χ2v) is 6.11. The molecule has 0 saturated carbocycles. The van der Waals surface area contributed by atoms with Crippen molar-refractivity contribution in [1.82, 2.24) is 15.4 Å². The predicted molar refractivity (Wildman–Crippen MR) is 100 cm³/mol. The van der Waals surface area contributed by atoms with E-state index in [2.05, 4.69) is 20.5 Å². The summed E-state index contributed by atoms with van der Waals surface area (Å²) in [6.07, 6.45) is 1.59. The Hall–Kier alpha value is -2.80. The Labute approximate surface area is 149 Å². The van der Waals surface area contributed by atoms with Crippen LogP contribution in [0.25, 0.3) is 11.0 Å². The number of thioether (sulfide) groups is 1. The van der Waals surface area contributed by atoms with Gasteiger partial charge in [0.05, 0.1) is 29.6 Å². The van der Waals surface area contributed by atoms with Gasteiger partial charge in [0.25, 0.3) is 5.91 Å². The number of fused-ring (bicyclic) bond motifs is 1. The van der Waals surface area contributed by atoms with Gasteiger partial charge in [-0.25, -0.2) is 10.4 Å². The lowest BCUT2D eigenvalue weighted by molar-refractivity contribution is -0.118. The maximum atomic E-state index is 11.9. The zero-order valence-corrected chi connectivity index (χ0v) is 14.5. The molecule has 7 heteroatoms. The average Bonchev–Trinajstić information content (AvgIpc) is 3.04. The fourth-order valence-corrected chi connectivity index (χ4v) is 2.87. The van der Waals surface area contributed by atoms with Crippen molar-refractivity contribution in [3.63, 3.8) is 0 Å². The Balaban J connectivity index is 1.50. The molecule has 128 valence electrons. The van der Waals surface area contributed by atoms with Crippen molar-refractivity contribution >= 4 is 34.9 Å². The van der Waals surface area contributed by atoms with Crippen molar-refractivity contribution in [2.75, 3.05) is 12.4 Å². The number of ether oxygens (including phenoxy) is 1. The van der Waals surface area contributed by atoms with Crippen LogP contribution in [0.1, 0.15) is 12.5 Å². The maximum absolute atomic E-state index is 11.9. The van der Waals surface area contributed by atoms with Gasteiger partial charge in [0, 0.05) is 0 Å². The number of rotatable bonds is 7. The number of aromatic amines is 1. The van der Waals surface area contributed by atoms with Crippen LogP contribution in [-0.4, -0.2) is 34.4 Å². The molecule has 3 rings (SSSR count). The number of para-hydroxylation sites is 2. The van der Waals surface area contributed by atoms with Gasteiger partial charge in [0.1, 0.15) is 5.75 Å². The van der Waals surface area contributed by atoms with Crippen LogP contribution in [0.15, 0.2) is 58.8 Å². The molecule has 0 bridgehead atoms. The van der Waals surface area contributed by atoms with E-state index in [0.717, 1.165) is 22.3 Å². The van der Waals surface area contributed by atoms with Gasteiger partial charge in [-0.15, -0.1) is 0 Å². The molecule has 0 radical (unpaired) electrons. The summed E-state index contributed by atoms with van der Waals surface area (Å²) >= 11 is 1.34. The molecule has 0 atom stereocenters. The van der Waals surface area contributed by atoms with Crippen LogP contribution < -0.4 is 10.2 Å². The van der Waals surface area contributed by atoms with Crippen molar-refractivity contribution < 1.29 is 9.53 Å². The molecule has 1 heterocycles. The highest BCUT2D eigenvalue weighted by Crippen LogP contribution is 2.18. The summed E-state index contributed by atoms with van der Waals surface area (Å²) in [5.41, 5.74) is 5.21. The molecule has 0 spiro atoms. The number of benzene rings is 2. The minimum absolute atomic E-state index is 0.192. The van der Waals surface area contributed by atoms with E-state index in [4.69, 9.17) is 4.74 Å². The molecule has 0 aliphatic heterocycles. The number of hydrogen-bond acceptors (Lipinski definition) is 5. The molecule has 1 aromatic heterocycles. The number of hydrazone groups is 1. The number of nitrogens with zero attached hydrogens (tertiary/aromatic N) is 2. The van der Waals surface area contributed by atoms with E-state index in [-0.39, 0.29) is 11.7 Å². The topological polar surface area (TPSA) is 79.4 Å². The summed E-state index contributed by atoms with van der Waals surface area (Å²) in [7, 11) is 0. The van der Waals surface area contributed by atoms with Crippen LogP contribution in [-0.2, 0) is 4.79 Å². The van der Waals surface area contributed by atoms with Gasteiger partial charge in [-0.2, -0.15) is 5.10 Å². The van der Waals surface area contributed by atoms with Crippen molar-refractivity contribution in [2.24, 2.45) is 5.10 Å². The van der Waals surface area contributed by atoms with E-state index in [0.29, 0.717) is 11.8 Å². The number of H-pyrrole nitrogens is 1. The van der Waals surface area contributed by atoms with Crippen molar-refractivity contribution in [3.05, 3.63) is 54.1 Å². The van der Waals surface area contributed by atoms with Crippen LogP contribution >= 0.6 is 11.8 Å². The van der Waals surface area contributed by atoms with Crippen molar-refractivity contribution in [2.45, 2.75) is 12.1 Å². The number of carbonyl (C=O) groups is 1. The van der Waals surface area contributed by atoms with Gasteiger partial charge < -0.3 is 9.72 Å². The first-order valence-electron chi connectivity index (χ1n) is 7.87. The third-order valence-electron chi connectivity index (χ3n) is 3.28. The zero-order valence-electron chi connectivity index (χ0n) is 13.7. The Morgan fingerprint density at radius 2 is 2.20 bits per heavy atom. The average molecular weight is 354 g/mol. The van der Waals surface area contributed by atoms with Crippen LogP contribution in [0.3, 0.4) is 0 Å². The normalized spacial score (nSPS) is 11.1. The largest absolute Gasteiger partial charge is 0.494 e. The molecule has 2 N–H and O–H groups in total. The van der Waals surface area contributed by atoms with Crippen molar-refractivity contribution in [3.8, 4) is 5.75 Å². The van der Waals surface area contributed by atoms with Crippen LogP contribution in [0.5, 0.6) is 5.75 Å². The van der Waals surface area contributed by atoms with E-state index in [1.807, 2.05) is 55.5 Å². The maximum Gasteiger partial charge on any atom is 0.250 e. The first kappa shape index (κ1) is 17.0. The molecule has 0 aliphatic carbocycles. The molecule has 0 aliphatic rings.